The number of para-hydroxylation sites is 1. The number of anilines is 3. The van der Waals surface area contributed by atoms with E-state index in [1.165, 1.54) is 60.3 Å². The van der Waals surface area contributed by atoms with Gasteiger partial charge in [-0.1, -0.05) is 158 Å². The minimum atomic E-state index is 0.911. The summed E-state index contributed by atoms with van der Waals surface area (Å²) in [7, 11) is 0. The third kappa shape index (κ3) is 5.42. The molecule has 1 heterocycles. The van der Waals surface area contributed by atoms with Gasteiger partial charge in [-0.05, 0) is 120 Å². The molecule has 0 bridgehead atoms. The van der Waals surface area contributed by atoms with Crippen LogP contribution in [0.15, 0.2) is 217 Å². The number of hydrogen-bond acceptors (Lipinski definition) is 2. The van der Waals surface area contributed by atoms with E-state index in [2.05, 4.69) is 205 Å². The van der Waals surface area contributed by atoms with Gasteiger partial charge in [-0.15, -0.1) is 0 Å². The second-order valence-corrected chi connectivity index (χ2v) is 14.5. The molecule has 0 atom stereocenters. The Morgan fingerprint density at radius 1 is 0.268 bits per heavy atom. The Labute approximate surface area is 325 Å². The lowest BCUT2D eigenvalue weighted by atomic mass is 9.90. The highest BCUT2D eigenvalue weighted by Crippen LogP contribution is 2.44. The van der Waals surface area contributed by atoms with Crippen LogP contribution in [0.3, 0.4) is 0 Å². The third-order valence-corrected chi connectivity index (χ3v) is 11.2. The molecule has 0 spiro atoms. The summed E-state index contributed by atoms with van der Waals surface area (Å²) in [6.45, 7) is 0. The smallest absolute Gasteiger partial charge is 0.136 e. The van der Waals surface area contributed by atoms with Crippen molar-refractivity contribution in [3.05, 3.63) is 212 Å². The molecule has 0 saturated carbocycles. The largest absolute Gasteiger partial charge is 0.456 e. The predicted molar refractivity (Wildman–Crippen MR) is 237 cm³/mol. The van der Waals surface area contributed by atoms with Crippen molar-refractivity contribution in [1.29, 1.82) is 0 Å². The molecule has 0 aliphatic carbocycles. The molecule has 10 aromatic carbocycles. The van der Waals surface area contributed by atoms with E-state index in [1.54, 1.807) is 0 Å². The maximum absolute atomic E-state index is 6.30. The summed E-state index contributed by atoms with van der Waals surface area (Å²) in [5.41, 5.74) is 12.3. The Bertz CT molecular complexity index is 3230. The minimum absolute atomic E-state index is 0.911. The molecule has 1 aromatic heterocycles. The van der Waals surface area contributed by atoms with Crippen molar-refractivity contribution in [3.63, 3.8) is 0 Å². The fourth-order valence-electron chi connectivity index (χ4n) is 8.50. The van der Waals surface area contributed by atoms with Crippen LogP contribution >= 0.6 is 0 Å². The lowest BCUT2D eigenvalue weighted by Gasteiger charge is -2.27. The van der Waals surface area contributed by atoms with Gasteiger partial charge in [0.15, 0.2) is 0 Å². The lowest BCUT2D eigenvalue weighted by molar-refractivity contribution is 0.669. The van der Waals surface area contributed by atoms with Crippen molar-refractivity contribution >= 4 is 71.3 Å². The van der Waals surface area contributed by atoms with Gasteiger partial charge in [0, 0.05) is 27.8 Å². The second kappa shape index (κ2) is 13.2. The molecule has 11 aromatic rings. The molecule has 56 heavy (non-hydrogen) atoms. The first-order valence-corrected chi connectivity index (χ1v) is 19.2. The number of furan rings is 1. The van der Waals surface area contributed by atoms with Gasteiger partial charge >= 0.3 is 0 Å². The number of benzene rings is 10. The molecule has 0 radical (unpaired) electrons. The standard InChI is InChI=1S/C54H35NO/c1-3-12-36(13-4-1)37-24-27-42(28-25-37)55(43-29-26-40-22-23-41-32-54-52(35-50(41)49(40)33-43)48-19-9-10-21-53(48)56-54)44-30-31-46(38-14-5-2-6-15-38)51(34-44)47-20-11-17-39-16-7-8-18-45(39)47/h1-35H. The maximum atomic E-state index is 6.30. The fraction of sp³-hybridized carbons (Fsp3) is 0. The van der Waals surface area contributed by atoms with E-state index < -0.39 is 0 Å². The Balaban J connectivity index is 1.15. The summed E-state index contributed by atoms with van der Waals surface area (Å²) < 4.78 is 6.30. The minimum Gasteiger partial charge on any atom is -0.456 e. The first kappa shape index (κ1) is 32.0. The highest BCUT2D eigenvalue weighted by atomic mass is 16.3. The van der Waals surface area contributed by atoms with E-state index in [-0.39, 0.29) is 0 Å². The molecular formula is C54H35NO. The molecule has 11 rings (SSSR count). The van der Waals surface area contributed by atoms with Gasteiger partial charge < -0.3 is 9.32 Å². The average molecular weight is 714 g/mol. The van der Waals surface area contributed by atoms with Crippen LogP contribution in [0, 0.1) is 0 Å². The Morgan fingerprint density at radius 3 is 1.70 bits per heavy atom. The summed E-state index contributed by atoms with van der Waals surface area (Å²) in [5.74, 6) is 0. The van der Waals surface area contributed by atoms with Gasteiger partial charge in [0.1, 0.15) is 11.2 Å². The fourth-order valence-corrected chi connectivity index (χ4v) is 8.50. The van der Waals surface area contributed by atoms with Gasteiger partial charge in [0.25, 0.3) is 0 Å². The van der Waals surface area contributed by atoms with Crippen LogP contribution in [0.2, 0.25) is 0 Å². The van der Waals surface area contributed by atoms with Crippen molar-refractivity contribution < 1.29 is 4.42 Å². The highest BCUT2D eigenvalue weighted by Gasteiger charge is 2.19. The SMILES string of the molecule is c1ccc(-c2ccc(N(c3ccc(-c4ccccc4)c(-c4cccc5ccccc45)c3)c3ccc4ccc5cc6oc7ccccc7c6cc5c4c3)cc2)cc1. The maximum Gasteiger partial charge on any atom is 0.136 e. The predicted octanol–water partition coefficient (Wildman–Crippen LogP) is 15.5. The lowest BCUT2D eigenvalue weighted by Crippen LogP contribution is -2.10. The van der Waals surface area contributed by atoms with Crippen molar-refractivity contribution in [2.45, 2.75) is 0 Å². The molecular weight excluding hydrogens is 679 g/mol. The van der Waals surface area contributed by atoms with Crippen LogP contribution in [0.5, 0.6) is 0 Å². The summed E-state index contributed by atoms with van der Waals surface area (Å²) in [4.78, 5) is 2.40. The first-order valence-electron chi connectivity index (χ1n) is 19.2. The monoisotopic (exact) mass is 713 g/mol. The molecule has 0 amide bonds. The first-order chi connectivity index (χ1) is 27.7. The molecule has 0 saturated heterocycles. The van der Waals surface area contributed by atoms with Crippen LogP contribution in [-0.2, 0) is 0 Å². The van der Waals surface area contributed by atoms with Gasteiger partial charge in [0.2, 0.25) is 0 Å². The Kier molecular flexibility index (Phi) is 7.53. The highest BCUT2D eigenvalue weighted by molar-refractivity contribution is 6.17. The molecule has 262 valence electrons. The number of rotatable bonds is 6. The van der Waals surface area contributed by atoms with Crippen LogP contribution in [0.4, 0.5) is 17.1 Å². The van der Waals surface area contributed by atoms with E-state index in [9.17, 15) is 0 Å². The van der Waals surface area contributed by atoms with Crippen LogP contribution in [0.1, 0.15) is 0 Å². The molecule has 0 aliphatic rings. The molecule has 0 fully saturated rings. The zero-order chi connectivity index (χ0) is 37.0. The average Bonchev–Trinajstić information content (AvgIpc) is 3.64. The van der Waals surface area contributed by atoms with E-state index >= 15 is 0 Å². The Morgan fingerprint density at radius 2 is 0.857 bits per heavy atom. The molecule has 0 unspecified atom stereocenters. The van der Waals surface area contributed by atoms with Gasteiger partial charge in [-0.3, -0.25) is 0 Å². The van der Waals surface area contributed by atoms with Crippen molar-refractivity contribution in [2.24, 2.45) is 0 Å². The summed E-state index contributed by atoms with van der Waals surface area (Å²) >= 11 is 0. The van der Waals surface area contributed by atoms with E-state index in [0.717, 1.165) is 44.4 Å². The topological polar surface area (TPSA) is 16.4 Å². The Hall–Kier alpha value is -7.42. The van der Waals surface area contributed by atoms with Crippen LogP contribution in [0.25, 0.3) is 87.6 Å². The second-order valence-electron chi connectivity index (χ2n) is 14.5. The number of nitrogens with zero attached hydrogens (tertiary/aromatic N) is 1. The zero-order valence-corrected chi connectivity index (χ0v) is 30.6. The van der Waals surface area contributed by atoms with Gasteiger partial charge in [-0.2, -0.15) is 0 Å². The molecule has 2 nitrogen and oxygen atoms in total. The van der Waals surface area contributed by atoms with E-state index in [1.807, 2.05) is 12.1 Å². The van der Waals surface area contributed by atoms with Gasteiger partial charge in [0.05, 0.1) is 0 Å². The van der Waals surface area contributed by atoms with Crippen LogP contribution in [-0.4, -0.2) is 0 Å². The van der Waals surface area contributed by atoms with E-state index in [0.29, 0.717) is 0 Å². The normalized spacial score (nSPS) is 11.6. The summed E-state index contributed by atoms with van der Waals surface area (Å²) in [5, 5.41) is 9.50. The third-order valence-electron chi connectivity index (χ3n) is 11.2. The molecule has 0 N–H and O–H groups in total. The van der Waals surface area contributed by atoms with Crippen LogP contribution < -0.4 is 4.90 Å². The zero-order valence-electron chi connectivity index (χ0n) is 30.6. The number of fused-ring (bicyclic) bond motifs is 7. The molecule has 0 aliphatic heterocycles. The summed E-state index contributed by atoms with van der Waals surface area (Å²) in [6, 6.07) is 76.7. The van der Waals surface area contributed by atoms with E-state index in [4.69, 9.17) is 4.42 Å². The number of hydrogen-bond donors (Lipinski definition) is 0. The van der Waals surface area contributed by atoms with Gasteiger partial charge in [-0.25, -0.2) is 0 Å². The van der Waals surface area contributed by atoms with Crippen molar-refractivity contribution in [2.75, 3.05) is 4.90 Å². The quantitative estimate of drug-likeness (QED) is 0.160. The van der Waals surface area contributed by atoms with Crippen molar-refractivity contribution in [1.82, 2.24) is 0 Å². The molecule has 2 heteroatoms. The summed E-state index contributed by atoms with van der Waals surface area (Å²) in [6.07, 6.45) is 0. The van der Waals surface area contributed by atoms with Crippen molar-refractivity contribution in [3.8, 4) is 33.4 Å².